The number of likely N-dealkylation sites (tertiary alicyclic amines) is 1. The van der Waals surface area contributed by atoms with E-state index in [1.807, 2.05) is 25.1 Å². The number of hydrogen-bond donors (Lipinski definition) is 2. The van der Waals surface area contributed by atoms with E-state index in [1.54, 1.807) is 12.1 Å². The van der Waals surface area contributed by atoms with Crippen LogP contribution >= 0.6 is 15.9 Å². The summed E-state index contributed by atoms with van der Waals surface area (Å²) in [6, 6.07) is 2.80. The maximum absolute atomic E-state index is 12.7. The average Bonchev–Trinajstić information content (AvgIpc) is 3.14. The van der Waals surface area contributed by atoms with Gasteiger partial charge in [-0.05, 0) is 53.7 Å². The van der Waals surface area contributed by atoms with Crippen LogP contribution in [0.3, 0.4) is 0 Å². The normalized spacial score (nSPS) is 27.2. The minimum Gasteiger partial charge on any atom is -0.465 e. The number of anilines is 1. The number of allylic oxidation sites excluding steroid dienone is 2. The molecule has 132 valence electrons. The molecule has 1 aromatic rings. The van der Waals surface area contributed by atoms with Crippen LogP contribution in [0.15, 0.2) is 41.5 Å². The number of carboxylic acid groups (broad SMARTS) is 1. The van der Waals surface area contributed by atoms with Crippen molar-refractivity contribution >= 4 is 33.7 Å². The lowest BCUT2D eigenvalue weighted by atomic mass is 9.98. The lowest BCUT2D eigenvalue weighted by molar-refractivity contribution is -0.120. The van der Waals surface area contributed by atoms with Crippen molar-refractivity contribution < 1.29 is 14.7 Å². The number of nitrogens with one attached hydrogen (secondary N) is 1. The van der Waals surface area contributed by atoms with E-state index in [1.165, 1.54) is 4.90 Å². The Morgan fingerprint density at radius 1 is 1.52 bits per heavy atom. The first-order chi connectivity index (χ1) is 11.9. The number of amides is 2. The third-order valence-corrected chi connectivity index (χ3v) is 5.34. The molecule has 7 heteroatoms. The molecule has 0 aromatic carbocycles. The lowest BCUT2D eigenvalue weighted by Gasteiger charge is -2.23. The Balaban J connectivity index is 1.78. The average molecular weight is 406 g/mol. The van der Waals surface area contributed by atoms with E-state index < -0.39 is 12.1 Å². The molecule has 1 saturated carbocycles. The van der Waals surface area contributed by atoms with E-state index in [2.05, 4.69) is 32.8 Å². The van der Waals surface area contributed by atoms with Gasteiger partial charge in [-0.3, -0.25) is 9.69 Å². The number of aromatic nitrogens is 1. The van der Waals surface area contributed by atoms with Crippen molar-refractivity contribution in [3.05, 3.63) is 47.1 Å². The Bertz CT molecular complexity index is 764. The summed E-state index contributed by atoms with van der Waals surface area (Å²) in [6.45, 7) is 5.52. The fraction of sp³-hybridized carbons (Fsp3) is 0.389. The smallest absolute Gasteiger partial charge is 0.408 e. The standard InChI is InChI=1S/C18H20BrN3O3/c1-3-4-5-8-18-9-12(22(17(24)25)13(18)10-18)16(23)21-15-11(2)6-7-14(19)20-15/h3,5-8,12-13H,1,4,9-10H2,2H3,(H,24,25)(H,20,21,23). The van der Waals surface area contributed by atoms with E-state index in [0.717, 1.165) is 18.4 Å². The molecule has 6 nitrogen and oxygen atoms in total. The van der Waals surface area contributed by atoms with Crippen LogP contribution in [0.2, 0.25) is 0 Å². The third kappa shape index (κ3) is 3.33. The first kappa shape index (κ1) is 17.7. The highest BCUT2D eigenvalue weighted by Gasteiger charge is 2.66. The summed E-state index contributed by atoms with van der Waals surface area (Å²) >= 11 is 3.28. The molecule has 2 heterocycles. The number of aryl methyl sites for hydroxylation is 1. The Labute approximate surface area is 154 Å². The van der Waals surface area contributed by atoms with E-state index in [4.69, 9.17) is 0 Å². The number of halogens is 1. The molecule has 0 radical (unpaired) electrons. The summed E-state index contributed by atoms with van der Waals surface area (Å²) in [6.07, 6.45) is 6.78. The summed E-state index contributed by atoms with van der Waals surface area (Å²) in [5.41, 5.74) is 0.602. The molecule has 3 atom stereocenters. The number of piperidine rings is 1. The Morgan fingerprint density at radius 2 is 2.28 bits per heavy atom. The molecule has 0 spiro atoms. The van der Waals surface area contributed by atoms with Gasteiger partial charge in [0.25, 0.3) is 0 Å². The second kappa shape index (κ2) is 6.63. The molecular formula is C18H20BrN3O3. The van der Waals surface area contributed by atoms with Crippen LogP contribution in [-0.2, 0) is 4.79 Å². The molecule has 2 amide bonds. The highest BCUT2D eigenvalue weighted by Crippen LogP contribution is 2.60. The fourth-order valence-electron chi connectivity index (χ4n) is 3.53. The Hall–Kier alpha value is -2.15. The van der Waals surface area contributed by atoms with Crippen molar-refractivity contribution in [3.8, 4) is 0 Å². The van der Waals surface area contributed by atoms with Gasteiger partial charge in [-0.1, -0.05) is 24.3 Å². The van der Waals surface area contributed by atoms with Crippen LogP contribution in [0, 0.1) is 12.3 Å². The third-order valence-electron chi connectivity index (χ3n) is 4.90. The molecule has 1 saturated heterocycles. The van der Waals surface area contributed by atoms with Crippen molar-refractivity contribution in [1.82, 2.24) is 9.88 Å². The lowest BCUT2D eigenvalue weighted by Crippen LogP contribution is -2.45. The van der Waals surface area contributed by atoms with E-state index in [9.17, 15) is 14.7 Å². The maximum atomic E-state index is 12.7. The van der Waals surface area contributed by atoms with Crippen molar-refractivity contribution in [2.24, 2.45) is 5.41 Å². The number of pyridine rings is 1. The number of fused-ring (bicyclic) bond motifs is 1. The largest absolute Gasteiger partial charge is 0.465 e. The zero-order valence-electron chi connectivity index (χ0n) is 13.9. The maximum Gasteiger partial charge on any atom is 0.408 e. The van der Waals surface area contributed by atoms with E-state index in [0.29, 0.717) is 16.8 Å². The zero-order chi connectivity index (χ0) is 18.2. The molecule has 3 rings (SSSR count). The quantitative estimate of drug-likeness (QED) is 0.577. The number of carbonyl (C=O) groups is 2. The van der Waals surface area contributed by atoms with Gasteiger partial charge in [-0.25, -0.2) is 9.78 Å². The molecule has 2 N–H and O–H groups in total. The molecule has 3 unspecified atom stereocenters. The molecule has 1 aliphatic carbocycles. The first-order valence-corrected chi connectivity index (χ1v) is 8.91. The molecule has 2 fully saturated rings. The van der Waals surface area contributed by atoms with Gasteiger partial charge in [0.05, 0.1) is 0 Å². The van der Waals surface area contributed by atoms with Crippen LogP contribution in [0.5, 0.6) is 0 Å². The van der Waals surface area contributed by atoms with Crippen molar-refractivity contribution in [2.45, 2.75) is 38.3 Å². The highest BCUT2D eigenvalue weighted by molar-refractivity contribution is 9.10. The van der Waals surface area contributed by atoms with Gasteiger partial charge in [0.2, 0.25) is 5.91 Å². The minimum absolute atomic E-state index is 0.126. The SMILES string of the molecule is C=CCC=CC12CC(C(=O)Nc3nc(Br)ccc3C)N(C(=O)O)C1C2. The fourth-order valence-corrected chi connectivity index (χ4v) is 3.84. The Morgan fingerprint density at radius 3 is 2.96 bits per heavy atom. The Kier molecular flexibility index (Phi) is 4.69. The van der Waals surface area contributed by atoms with Crippen LogP contribution < -0.4 is 5.32 Å². The summed E-state index contributed by atoms with van der Waals surface area (Å²) in [5, 5.41) is 12.3. The predicted octanol–water partition coefficient (Wildman–Crippen LogP) is 3.73. The number of nitrogens with zero attached hydrogens (tertiary/aromatic N) is 2. The van der Waals surface area contributed by atoms with Gasteiger partial charge in [-0.15, -0.1) is 6.58 Å². The number of hydrogen-bond acceptors (Lipinski definition) is 3. The monoisotopic (exact) mass is 405 g/mol. The van der Waals surface area contributed by atoms with Crippen LogP contribution in [-0.4, -0.2) is 39.1 Å². The van der Waals surface area contributed by atoms with Crippen LogP contribution in [0.4, 0.5) is 10.6 Å². The van der Waals surface area contributed by atoms with Crippen LogP contribution in [0.1, 0.15) is 24.8 Å². The minimum atomic E-state index is -1.06. The van der Waals surface area contributed by atoms with Gasteiger partial charge in [-0.2, -0.15) is 0 Å². The highest BCUT2D eigenvalue weighted by atomic mass is 79.9. The second-order valence-electron chi connectivity index (χ2n) is 6.58. The van der Waals surface area contributed by atoms with E-state index in [-0.39, 0.29) is 17.4 Å². The summed E-state index contributed by atoms with van der Waals surface area (Å²) in [4.78, 5) is 29.9. The van der Waals surface area contributed by atoms with Crippen molar-refractivity contribution in [2.75, 3.05) is 5.32 Å². The topological polar surface area (TPSA) is 82.5 Å². The predicted molar refractivity (Wildman–Crippen MR) is 98.4 cm³/mol. The first-order valence-electron chi connectivity index (χ1n) is 8.12. The molecule has 2 aliphatic rings. The van der Waals surface area contributed by atoms with Gasteiger partial charge in [0.1, 0.15) is 16.5 Å². The van der Waals surface area contributed by atoms with Crippen LogP contribution in [0.25, 0.3) is 0 Å². The molecule has 25 heavy (non-hydrogen) atoms. The molecule has 0 bridgehead atoms. The van der Waals surface area contributed by atoms with Crippen molar-refractivity contribution in [3.63, 3.8) is 0 Å². The summed E-state index contributed by atoms with van der Waals surface area (Å²) in [7, 11) is 0. The van der Waals surface area contributed by atoms with Crippen molar-refractivity contribution in [1.29, 1.82) is 0 Å². The van der Waals surface area contributed by atoms with Gasteiger partial charge in [0.15, 0.2) is 0 Å². The second-order valence-corrected chi connectivity index (χ2v) is 7.39. The van der Waals surface area contributed by atoms with E-state index >= 15 is 0 Å². The summed E-state index contributed by atoms with van der Waals surface area (Å²) < 4.78 is 0.613. The molecule has 1 aromatic heterocycles. The summed E-state index contributed by atoms with van der Waals surface area (Å²) in [5.74, 6) is 0.112. The van der Waals surface area contributed by atoms with Gasteiger partial charge < -0.3 is 10.4 Å². The number of rotatable bonds is 5. The van der Waals surface area contributed by atoms with Gasteiger partial charge in [0, 0.05) is 11.5 Å². The van der Waals surface area contributed by atoms with Gasteiger partial charge >= 0.3 is 6.09 Å². The zero-order valence-corrected chi connectivity index (χ0v) is 15.5. The molecule has 1 aliphatic heterocycles. The molecular weight excluding hydrogens is 386 g/mol. The number of carbonyl (C=O) groups excluding carboxylic acids is 1.